The molecule has 19 heavy (non-hydrogen) atoms. The molecular formula is C18H14O. The molecule has 0 spiro atoms. The monoisotopic (exact) mass is 246 g/mol. The lowest BCUT2D eigenvalue weighted by atomic mass is 9.98. The van der Waals surface area contributed by atoms with E-state index in [0.717, 1.165) is 17.4 Å². The van der Waals surface area contributed by atoms with Crippen molar-refractivity contribution >= 4 is 6.29 Å². The molecule has 0 N–H and O–H groups in total. The van der Waals surface area contributed by atoms with Crippen molar-refractivity contribution in [1.29, 1.82) is 0 Å². The van der Waals surface area contributed by atoms with E-state index in [4.69, 9.17) is 0 Å². The van der Waals surface area contributed by atoms with E-state index in [1.54, 1.807) is 12.1 Å². The summed E-state index contributed by atoms with van der Waals surface area (Å²) in [5.74, 6) is 6.29. The summed E-state index contributed by atoms with van der Waals surface area (Å²) in [6.45, 7) is 3.82. The molecule has 0 aliphatic rings. The summed E-state index contributed by atoms with van der Waals surface area (Å²) in [5, 5.41) is 0. The van der Waals surface area contributed by atoms with Crippen molar-refractivity contribution in [2.24, 2.45) is 0 Å². The summed E-state index contributed by atoms with van der Waals surface area (Å²) in [4.78, 5) is 10.6. The summed E-state index contributed by atoms with van der Waals surface area (Å²) in [6.07, 6.45) is 2.65. The first kappa shape index (κ1) is 12.9. The van der Waals surface area contributed by atoms with Gasteiger partial charge in [-0.2, -0.15) is 0 Å². The van der Waals surface area contributed by atoms with Crippen LogP contribution in [0, 0.1) is 11.8 Å². The van der Waals surface area contributed by atoms with Crippen LogP contribution in [0.25, 0.3) is 0 Å². The van der Waals surface area contributed by atoms with E-state index in [9.17, 15) is 4.79 Å². The fourth-order valence-corrected chi connectivity index (χ4v) is 1.74. The number of aldehydes is 1. The Hall–Kier alpha value is -2.59. The van der Waals surface area contributed by atoms with Gasteiger partial charge in [-0.25, -0.2) is 0 Å². The van der Waals surface area contributed by atoms with Gasteiger partial charge in [0.25, 0.3) is 0 Å². The van der Waals surface area contributed by atoms with Gasteiger partial charge in [0.1, 0.15) is 6.29 Å². The van der Waals surface area contributed by atoms with Gasteiger partial charge in [0.15, 0.2) is 0 Å². The van der Waals surface area contributed by atoms with Crippen molar-refractivity contribution in [3.63, 3.8) is 0 Å². The van der Waals surface area contributed by atoms with E-state index in [2.05, 4.69) is 18.4 Å². The molecule has 0 bridgehead atoms. The maximum absolute atomic E-state index is 10.6. The van der Waals surface area contributed by atoms with Crippen molar-refractivity contribution in [2.45, 2.75) is 5.92 Å². The van der Waals surface area contributed by atoms with Gasteiger partial charge in [-0.05, 0) is 17.7 Å². The largest absolute Gasteiger partial charge is 0.298 e. The second kappa shape index (κ2) is 6.37. The third-order valence-electron chi connectivity index (χ3n) is 2.81. The maximum Gasteiger partial charge on any atom is 0.150 e. The number of carbonyl (C=O) groups excluding carboxylic acids is 1. The molecule has 2 rings (SSSR count). The molecule has 1 heteroatoms. The molecule has 0 aromatic heterocycles. The van der Waals surface area contributed by atoms with Gasteiger partial charge in [-0.3, -0.25) is 4.79 Å². The predicted octanol–water partition coefficient (Wildman–Crippen LogP) is 3.82. The highest BCUT2D eigenvalue weighted by Crippen LogP contribution is 2.16. The minimum absolute atomic E-state index is 0.0269. The molecule has 0 heterocycles. The molecule has 0 unspecified atom stereocenters. The second-order valence-electron chi connectivity index (χ2n) is 4.13. The average molecular weight is 246 g/mol. The zero-order chi connectivity index (χ0) is 13.5. The van der Waals surface area contributed by atoms with Gasteiger partial charge in [0.2, 0.25) is 0 Å². The summed E-state index contributed by atoms with van der Waals surface area (Å²) >= 11 is 0. The summed E-state index contributed by atoms with van der Waals surface area (Å²) in [5.41, 5.74) is 2.70. The Balaban J connectivity index is 2.23. The Morgan fingerprint density at radius 3 is 2.26 bits per heavy atom. The molecule has 0 aliphatic heterocycles. The lowest BCUT2D eigenvalue weighted by Crippen LogP contribution is -1.92. The number of allylic oxidation sites excluding steroid dienone is 1. The van der Waals surface area contributed by atoms with Gasteiger partial charge in [-0.1, -0.05) is 60.4 Å². The standard InChI is InChI=1S/C18H14O/c1-2-17(11-8-15-6-4-3-5-7-15)18-12-9-16(14-19)10-13-18/h2-7,9-10,12-14,17H,1H2/t17-/m1/s1. The molecule has 0 amide bonds. The van der Waals surface area contributed by atoms with Crippen LogP contribution >= 0.6 is 0 Å². The van der Waals surface area contributed by atoms with Crippen LogP contribution < -0.4 is 0 Å². The van der Waals surface area contributed by atoms with Crippen LogP contribution in [0.5, 0.6) is 0 Å². The van der Waals surface area contributed by atoms with Crippen molar-refractivity contribution in [1.82, 2.24) is 0 Å². The highest BCUT2D eigenvalue weighted by atomic mass is 16.1. The summed E-state index contributed by atoms with van der Waals surface area (Å²) in [6, 6.07) is 17.3. The quantitative estimate of drug-likeness (QED) is 0.457. The van der Waals surface area contributed by atoms with E-state index in [-0.39, 0.29) is 5.92 Å². The minimum Gasteiger partial charge on any atom is -0.298 e. The number of rotatable bonds is 3. The first-order chi connectivity index (χ1) is 9.33. The first-order valence-corrected chi connectivity index (χ1v) is 6.08. The Bertz CT molecular complexity index is 612. The zero-order valence-corrected chi connectivity index (χ0v) is 10.5. The molecule has 0 aliphatic carbocycles. The summed E-state index contributed by atoms with van der Waals surface area (Å²) < 4.78 is 0. The Kier molecular flexibility index (Phi) is 4.31. The SMILES string of the molecule is C=C[C@H](C#Cc1ccccc1)c1ccc(C=O)cc1. The number of carbonyl (C=O) groups is 1. The zero-order valence-electron chi connectivity index (χ0n) is 10.5. The smallest absolute Gasteiger partial charge is 0.150 e. The second-order valence-corrected chi connectivity index (χ2v) is 4.13. The molecule has 2 aromatic rings. The molecule has 0 saturated heterocycles. The fraction of sp³-hybridized carbons (Fsp3) is 0.0556. The van der Waals surface area contributed by atoms with Gasteiger partial charge < -0.3 is 0 Å². The van der Waals surface area contributed by atoms with E-state index >= 15 is 0 Å². The van der Waals surface area contributed by atoms with Gasteiger partial charge in [0, 0.05) is 11.1 Å². The molecular weight excluding hydrogens is 232 g/mol. The molecule has 0 saturated carbocycles. The Morgan fingerprint density at radius 1 is 1.00 bits per heavy atom. The highest BCUT2D eigenvalue weighted by molar-refractivity contribution is 5.74. The Morgan fingerprint density at radius 2 is 1.68 bits per heavy atom. The van der Waals surface area contributed by atoms with Crippen LogP contribution in [-0.2, 0) is 0 Å². The van der Waals surface area contributed by atoms with Crippen LogP contribution in [0.2, 0.25) is 0 Å². The van der Waals surface area contributed by atoms with Crippen molar-refractivity contribution < 1.29 is 4.79 Å². The van der Waals surface area contributed by atoms with Crippen LogP contribution in [0.3, 0.4) is 0 Å². The van der Waals surface area contributed by atoms with Crippen LogP contribution in [0.1, 0.15) is 27.4 Å². The number of hydrogen-bond donors (Lipinski definition) is 0. The third-order valence-corrected chi connectivity index (χ3v) is 2.81. The molecule has 1 atom stereocenters. The number of hydrogen-bond acceptors (Lipinski definition) is 1. The van der Waals surface area contributed by atoms with Crippen LogP contribution in [0.4, 0.5) is 0 Å². The number of benzene rings is 2. The lowest BCUT2D eigenvalue weighted by Gasteiger charge is -2.05. The Labute approximate surface area is 113 Å². The van der Waals surface area contributed by atoms with Crippen LogP contribution in [-0.4, -0.2) is 6.29 Å². The normalized spacial score (nSPS) is 10.9. The average Bonchev–Trinajstić information content (AvgIpc) is 2.49. The van der Waals surface area contributed by atoms with E-state index in [0.29, 0.717) is 5.56 Å². The lowest BCUT2D eigenvalue weighted by molar-refractivity contribution is 0.112. The van der Waals surface area contributed by atoms with E-state index in [1.807, 2.05) is 48.5 Å². The molecule has 0 radical (unpaired) electrons. The molecule has 2 aromatic carbocycles. The summed E-state index contributed by atoms with van der Waals surface area (Å²) in [7, 11) is 0. The fourth-order valence-electron chi connectivity index (χ4n) is 1.74. The minimum atomic E-state index is -0.0269. The van der Waals surface area contributed by atoms with Crippen molar-refractivity contribution in [2.75, 3.05) is 0 Å². The van der Waals surface area contributed by atoms with Gasteiger partial charge in [-0.15, -0.1) is 6.58 Å². The highest BCUT2D eigenvalue weighted by Gasteiger charge is 2.03. The van der Waals surface area contributed by atoms with Crippen LogP contribution in [0.15, 0.2) is 67.3 Å². The van der Waals surface area contributed by atoms with E-state index < -0.39 is 0 Å². The van der Waals surface area contributed by atoms with Crippen molar-refractivity contribution in [3.8, 4) is 11.8 Å². The molecule has 0 fully saturated rings. The third kappa shape index (κ3) is 3.43. The van der Waals surface area contributed by atoms with Gasteiger partial charge in [0.05, 0.1) is 5.92 Å². The van der Waals surface area contributed by atoms with E-state index in [1.165, 1.54) is 0 Å². The first-order valence-electron chi connectivity index (χ1n) is 6.08. The molecule has 92 valence electrons. The topological polar surface area (TPSA) is 17.1 Å². The predicted molar refractivity (Wildman–Crippen MR) is 78.1 cm³/mol. The maximum atomic E-state index is 10.6. The van der Waals surface area contributed by atoms with Gasteiger partial charge >= 0.3 is 0 Å². The molecule has 1 nitrogen and oxygen atoms in total. The van der Waals surface area contributed by atoms with Crippen molar-refractivity contribution in [3.05, 3.63) is 83.9 Å².